The molecule has 0 unspecified atom stereocenters. The molecule has 27 heavy (non-hydrogen) atoms. The Balaban J connectivity index is 1.79. The summed E-state index contributed by atoms with van der Waals surface area (Å²) in [6, 6.07) is 27.9. The maximum absolute atomic E-state index is 13.0. The first-order chi connectivity index (χ1) is 13.2. The highest BCUT2D eigenvalue weighted by atomic mass is 35.5. The number of ketones is 1. The molecule has 0 aliphatic carbocycles. The van der Waals surface area contributed by atoms with Crippen LogP contribution in [-0.4, -0.2) is 5.78 Å². The van der Waals surface area contributed by atoms with Gasteiger partial charge in [-0.2, -0.15) is 0 Å². The van der Waals surface area contributed by atoms with Crippen molar-refractivity contribution in [2.45, 2.75) is 0 Å². The molecule has 0 amide bonds. The van der Waals surface area contributed by atoms with Crippen LogP contribution in [-0.2, 0) is 0 Å². The van der Waals surface area contributed by atoms with E-state index in [4.69, 9.17) is 16.0 Å². The molecular formula is C23H16ClNO2. The lowest BCUT2D eigenvalue weighted by atomic mass is 10.0. The number of furan rings is 1. The number of benzene rings is 3. The van der Waals surface area contributed by atoms with Gasteiger partial charge >= 0.3 is 0 Å². The van der Waals surface area contributed by atoms with Gasteiger partial charge in [0.15, 0.2) is 5.78 Å². The molecule has 4 rings (SSSR count). The van der Waals surface area contributed by atoms with Crippen LogP contribution in [0.3, 0.4) is 0 Å². The van der Waals surface area contributed by atoms with Crippen molar-refractivity contribution in [3.63, 3.8) is 0 Å². The van der Waals surface area contributed by atoms with Crippen LogP contribution in [0.4, 0.5) is 11.6 Å². The molecule has 0 aliphatic heterocycles. The fraction of sp³-hybridized carbons (Fsp3) is 0. The SMILES string of the molecule is O=C(c1ccccc1)c1cc(-c2cccc(Cl)c2)oc1Nc1ccccc1. The second-order valence-corrected chi connectivity index (χ2v) is 6.49. The molecule has 0 bridgehead atoms. The first-order valence-electron chi connectivity index (χ1n) is 8.52. The van der Waals surface area contributed by atoms with Crippen molar-refractivity contribution in [2.75, 3.05) is 5.32 Å². The third-order valence-electron chi connectivity index (χ3n) is 4.15. The normalized spacial score (nSPS) is 10.6. The van der Waals surface area contributed by atoms with Gasteiger partial charge < -0.3 is 9.73 Å². The van der Waals surface area contributed by atoms with Gasteiger partial charge in [0.1, 0.15) is 5.76 Å². The molecule has 4 aromatic rings. The van der Waals surface area contributed by atoms with Crippen LogP contribution in [0.15, 0.2) is 95.4 Å². The zero-order chi connectivity index (χ0) is 18.6. The summed E-state index contributed by atoms with van der Waals surface area (Å²) >= 11 is 6.11. The van der Waals surface area contributed by atoms with Gasteiger partial charge in [-0.05, 0) is 30.3 Å². The van der Waals surface area contributed by atoms with Crippen molar-refractivity contribution in [1.29, 1.82) is 0 Å². The second-order valence-electron chi connectivity index (χ2n) is 6.05. The number of hydrogen-bond acceptors (Lipinski definition) is 3. The van der Waals surface area contributed by atoms with Gasteiger partial charge in [0.25, 0.3) is 0 Å². The van der Waals surface area contributed by atoms with E-state index in [-0.39, 0.29) is 5.78 Å². The van der Waals surface area contributed by atoms with E-state index in [1.807, 2.05) is 66.7 Å². The molecule has 3 nitrogen and oxygen atoms in total. The number of anilines is 2. The van der Waals surface area contributed by atoms with Crippen LogP contribution in [0, 0.1) is 0 Å². The number of hydrogen-bond donors (Lipinski definition) is 1. The van der Waals surface area contributed by atoms with Gasteiger partial charge in [-0.3, -0.25) is 4.79 Å². The average Bonchev–Trinajstić information content (AvgIpc) is 3.13. The molecule has 1 N–H and O–H groups in total. The molecule has 132 valence electrons. The first-order valence-corrected chi connectivity index (χ1v) is 8.90. The van der Waals surface area contributed by atoms with E-state index in [2.05, 4.69) is 5.32 Å². The number of carbonyl (C=O) groups is 1. The number of para-hydroxylation sites is 1. The van der Waals surface area contributed by atoms with E-state index in [1.165, 1.54) is 0 Å². The summed E-state index contributed by atoms with van der Waals surface area (Å²) in [5.74, 6) is 0.881. The van der Waals surface area contributed by atoms with Gasteiger partial charge in [0.2, 0.25) is 5.88 Å². The van der Waals surface area contributed by atoms with Crippen molar-refractivity contribution >= 4 is 29.0 Å². The summed E-state index contributed by atoms with van der Waals surface area (Å²) in [6.07, 6.45) is 0. The molecule has 1 aromatic heterocycles. The van der Waals surface area contributed by atoms with Crippen LogP contribution < -0.4 is 5.32 Å². The zero-order valence-electron chi connectivity index (χ0n) is 14.4. The molecule has 0 saturated heterocycles. The van der Waals surface area contributed by atoms with E-state index in [9.17, 15) is 4.79 Å². The first kappa shape index (κ1) is 17.1. The predicted octanol–water partition coefficient (Wildman–Crippen LogP) is 6.57. The van der Waals surface area contributed by atoms with Gasteiger partial charge in [0, 0.05) is 21.8 Å². The van der Waals surface area contributed by atoms with Gasteiger partial charge in [0.05, 0.1) is 5.56 Å². The molecule has 0 spiro atoms. The van der Waals surface area contributed by atoms with Crippen molar-refractivity contribution in [3.8, 4) is 11.3 Å². The van der Waals surface area contributed by atoms with Crippen LogP contribution in [0.2, 0.25) is 5.02 Å². The number of carbonyl (C=O) groups excluding carboxylic acids is 1. The summed E-state index contributed by atoms with van der Waals surface area (Å²) in [6.45, 7) is 0. The Morgan fingerprint density at radius 3 is 2.22 bits per heavy atom. The van der Waals surface area contributed by atoms with Gasteiger partial charge in [-0.15, -0.1) is 0 Å². The highest BCUT2D eigenvalue weighted by Gasteiger charge is 2.20. The van der Waals surface area contributed by atoms with Gasteiger partial charge in [-0.1, -0.05) is 72.3 Å². The van der Waals surface area contributed by atoms with Crippen molar-refractivity contribution in [3.05, 3.63) is 107 Å². The molecule has 4 heteroatoms. The fourth-order valence-corrected chi connectivity index (χ4v) is 3.02. The number of nitrogens with one attached hydrogen (secondary N) is 1. The van der Waals surface area contributed by atoms with Gasteiger partial charge in [-0.25, -0.2) is 0 Å². The minimum atomic E-state index is -0.106. The molecule has 3 aromatic carbocycles. The van der Waals surface area contributed by atoms with Crippen molar-refractivity contribution < 1.29 is 9.21 Å². The van der Waals surface area contributed by atoms with E-state index < -0.39 is 0 Å². The third kappa shape index (κ3) is 3.78. The summed E-state index contributed by atoms with van der Waals surface area (Å²) in [5, 5.41) is 3.82. The van der Waals surface area contributed by atoms with Crippen LogP contribution in [0.25, 0.3) is 11.3 Å². The summed E-state index contributed by atoms with van der Waals surface area (Å²) in [5.41, 5.74) is 2.73. The van der Waals surface area contributed by atoms with E-state index >= 15 is 0 Å². The molecule has 0 aliphatic rings. The van der Waals surface area contributed by atoms with Crippen molar-refractivity contribution in [1.82, 2.24) is 0 Å². The molecule has 0 radical (unpaired) electrons. The number of rotatable bonds is 5. The molecule has 0 saturated carbocycles. The van der Waals surface area contributed by atoms with Crippen molar-refractivity contribution in [2.24, 2.45) is 0 Å². The predicted molar refractivity (Wildman–Crippen MR) is 109 cm³/mol. The standard InChI is InChI=1S/C23H16ClNO2/c24-18-11-7-10-17(14-18)21-15-20(22(26)16-8-3-1-4-9-16)23(27-21)25-19-12-5-2-6-13-19/h1-15,25H. The highest BCUT2D eigenvalue weighted by molar-refractivity contribution is 6.30. The maximum Gasteiger partial charge on any atom is 0.209 e. The smallest absolute Gasteiger partial charge is 0.209 e. The molecule has 1 heterocycles. The Morgan fingerprint density at radius 2 is 1.52 bits per heavy atom. The average molecular weight is 374 g/mol. The van der Waals surface area contributed by atoms with Crippen LogP contribution in [0.5, 0.6) is 0 Å². The quantitative estimate of drug-likeness (QED) is 0.402. The third-order valence-corrected chi connectivity index (χ3v) is 4.39. The second kappa shape index (κ2) is 7.52. The summed E-state index contributed by atoms with van der Waals surface area (Å²) in [7, 11) is 0. The minimum absolute atomic E-state index is 0.106. The van der Waals surface area contributed by atoms with E-state index in [0.717, 1.165) is 11.3 Å². The zero-order valence-corrected chi connectivity index (χ0v) is 15.1. The van der Waals surface area contributed by atoms with Crippen LogP contribution >= 0.6 is 11.6 Å². The lowest BCUT2D eigenvalue weighted by molar-refractivity contribution is 0.103. The summed E-state index contributed by atoms with van der Waals surface area (Å²) < 4.78 is 6.01. The Bertz CT molecular complexity index is 1070. The van der Waals surface area contributed by atoms with Crippen LogP contribution in [0.1, 0.15) is 15.9 Å². The Morgan fingerprint density at radius 1 is 0.815 bits per heavy atom. The molecular weight excluding hydrogens is 358 g/mol. The largest absolute Gasteiger partial charge is 0.440 e. The lowest BCUT2D eigenvalue weighted by Gasteiger charge is -2.05. The number of halogens is 1. The van der Waals surface area contributed by atoms with E-state index in [1.54, 1.807) is 24.3 Å². The monoisotopic (exact) mass is 373 g/mol. The molecule has 0 fully saturated rings. The maximum atomic E-state index is 13.0. The van der Waals surface area contributed by atoms with E-state index in [0.29, 0.717) is 27.8 Å². The Labute approximate surface area is 162 Å². The summed E-state index contributed by atoms with van der Waals surface area (Å²) in [4.78, 5) is 13.0. The lowest BCUT2D eigenvalue weighted by Crippen LogP contribution is -2.02. The Kier molecular flexibility index (Phi) is 4.77. The topological polar surface area (TPSA) is 42.2 Å². The highest BCUT2D eigenvalue weighted by Crippen LogP contribution is 2.33. The Hall–Kier alpha value is -3.30. The minimum Gasteiger partial charge on any atom is -0.440 e. The fourth-order valence-electron chi connectivity index (χ4n) is 2.83. The molecule has 0 atom stereocenters.